The molecule has 0 spiro atoms. The fourth-order valence-electron chi connectivity index (χ4n) is 2.19. The molecule has 0 saturated heterocycles. The van der Waals surface area contributed by atoms with E-state index in [0.717, 1.165) is 31.9 Å². The topological polar surface area (TPSA) is 84.0 Å². The van der Waals surface area contributed by atoms with Crippen molar-refractivity contribution in [3.8, 4) is 0 Å². The number of nitrogens with one attached hydrogen (secondary N) is 2. The normalized spacial score (nSPS) is 11.9. The predicted molar refractivity (Wildman–Crippen MR) is 114 cm³/mol. The quantitative estimate of drug-likeness (QED) is 0.594. The van der Waals surface area contributed by atoms with Crippen molar-refractivity contribution in [2.24, 2.45) is 0 Å². The summed E-state index contributed by atoms with van der Waals surface area (Å²) in [4.78, 5) is 24.2. The molecular formula is C18H24N4O2S3. The summed E-state index contributed by atoms with van der Waals surface area (Å²) >= 11 is 4.13. The van der Waals surface area contributed by atoms with Crippen LogP contribution in [-0.2, 0) is 9.59 Å². The molecule has 0 saturated carbocycles. The van der Waals surface area contributed by atoms with E-state index in [0.29, 0.717) is 12.3 Å². The third kappa shape index (κ3) is 6.82. The van der Waals surface area contributed by atoms with Crippen LogP contribution in [0.1, 0.15) is 31.4 Å². The highest BCUT2D eigenvalue weighted by atomic mass is 32.2. The van der Waals surface area contributed by atoms with E-state index in [1.807, 2.05) is 45.9 Å². The number of anilines is 1. The van der Waals surface area contributed by atoms with Gasteiger partial charge < -0.3 is 10.6 Å². The molecule has 2 amide bonds. The van der Waals surface area contributed by atoms with Crippen molar-refractivity contribution < 1.29 is 9.59 Å². The number of carbonyl (C=O) groups is 2. The zero-order valence-corrected chi connectivity index (χ0v) is 18.3. The molecule has 0 aliphatic rings. The van der Waals surface area contributed by atoms with Gasteiger partial charge in [-0.15, -0.1) is 10.2 Å². The van der Waals surface area contributed by atoms with Crippen LogP contribution in [0.4, 0.5) is 5.69 Å². The van der Waals surface area contributed by atoms with Gasteiger partial charge in [0.1, 0.15) is 0 Å². The number of aromatic nitrogens is 2. The predicted octanol–water partition coefficient (Wildman–Crippen LogP) is 3.89. The maximum absolute atomic E-state index is 12.5. The van der Waals surface area contributed by atoms with Gasteiger partial charge in [-0.05, 0) is 38.3 Å². The third-order valence-corrected chi connectivity index (χ3v) is 6.90. The van der Waals surface area contributed by atoms with Gasteiger partial charge in [0.2, 0.25) is 11.8 Å². The molecule has 1 aromatic carbocycles. The van der Waals surface area contributed by atoms with Gasteiger partial charge in [-0.3, -0.25) is 9.59 Å². The summed E-state index contributed by atoms with van der Waals surface area (Å²) in [5.74, 6) is 0.246. The molecule has 6 nitrogen and oxygen atoms in total. The monoisotopic (exact) mass is 424 g/mol. The first-order chi connectivity index (χ1) is 12.9. The molecule has 27 heavy (non-hydrogen) atoms. The summed E-state index contributed by atoms with van der Waals surface area (Å²) in [6, 6.07) is 5.93. The Morgan fingerprint density at radius 2 is 1.85 bits per heavy atom. The second kappa shape index (κ2) is 10.7. The minimum atomic E-state index is -0.303. The molecule has 2 rings (SSSR count). The zero-order valence-electron chi connectivity index (χ0n) is 15.9. The maximum atomic E-state index is 12.5. The fraction of sp³-hybridized carbons (Fsp3) is 0.444. The first kappa shape index (κ1) is 21.7. The summed E-state index contributed by atoms with van der Waals surface area (Å²) in [5, 5.41) is 13.7. The van der Waals surface area contributed by atoms with Gasteiger partial charge in [-0.1, -0.05) is 60.0 Å². The van der Waals surface area contributed by atoms with E-state index in [4.69, 9.17) is 0 Å². The van der Waals surface area contributed by atoms with E-state index in [1.165, 1.54) is 34.9 Å². The number of rotatable bonds is 9. The Labute approximate surface area is 172 Å². The highest BCUT2D eigenvalue weighted by Gasteiger charge is 2.19. The molecule has 146 valence electrons. The zero-order chi connectivity index (χ0) is 19.8. The highest BCUT2D eigenvalue weighted by molar-refractivity contribution is 8.04. The summed E-state index contributed by atoms with van der Waals surface area (Å²) in [7, 11) is 0. The number of nitrogens with zero attached hydrogens (tertiary/aromatic N) is 2. The van der Waals surface area contributed by atoms with Gasteiger partial charge in [-0.25, -0.2) is 0 Å². The SMILES string of the molecule is CCCNC(=O)CSc1nnc(SC(C)C(=O)Nc2c(C)cccc2C)s1. The van der Waals surface area contributed by atoms with Crippen molar-refractivity contribution in [3.63, 3.8) is 0 Å². The molecule has 2 N–H and O–H groups in total. The number of aryl methyl sites for hydroxylation is 2. The minimum Gasteiger partial charge on any atom is -0.355 e. The Hall–Kier alpha value is -1.58. The van der Waals surface area contributed by atoms with E-state index in [9.17, 15) is 9.59 Å². The lowest BCUT2D eigenvalue weighted by Crippen LogP contribution is -2.25. The summed E-state index contributed by atoms with van der Waals surface area (Å²) in [5.41, 5.74) is 2.94. The number of hydrogen-bond acceptors (Lipinski definition) is 7. The smallest absolute Gasteiger partial charge is 0.237 e. The lowest BCUT2D eigenvalue weighted by molar-refractivity contribution is -0.118. The number of para-hydroxylation sites is 1. The number of carbonyl (C=O) groups excluding carboxylic acids is 2. The summed E-state index contributed by atoms with van der Waals surface area (Å²) < 4.78 is 1.45. The second-order valence-electron chi connectivity index (χ2n) is 5.99. The highest BCUT2D eigenvalue weighted by Crippen LogP contribution is 2.32. The van der Waals surface area contributed by atoms with E-state index in [1.54, 1.807) is 0 Å². The van der Waals surface area contributed by atoms with Gasteiger partial charge in [-0.2, -0.15) is 0 Å². The summed E-state index contributed by atoms with van der Waals surface area (Å²) in [6.07, 6.45) is 0.915. The molecule has 2 aromatic rings. The molecule has 9 heteroatoms. The van der Waals surface area contributed by atoms with Crippen molar-refractivity contribution in [2.75, 3.05) is 17.6 Å². The summed E-state index contributed by atoms with van der Waals surface area (Å²) in [6.45, 7) is 8.50. The van der Waals surface area contributed by atoms with Crippen LogP contribution in [0.5, 0.6) is 0 Å². The van der Waals surface area contributed by atoms with Crippen molar-refractivity contribution in [3.05, 3.63) is 29.3 Å². The third-order valence-electron chi connectivity index (χ3n) is 3.66. The molecule has 0 aliphatic heterocycles. The number of benzene rings is 1. The minimum absolute atomic E-state index is 0.00685. The molecule has 1 unspecified atom stereocenters. The van der Waals surface area contributed by atoms with Crippen molar-refractivity contribution >= 4 is 52.4 Å². The molecule has 1 atom stereocenters. The lowest BCUT2D eigenvalue weighted by atomic mass is 10.1. The van der Waals surface area contributed by atoms with Crippen LogP contribution in [0.3, 0.4) is 0 Å². The van der Waals surface area contributed by atoms with Crippen LogP contribution in [0.25, 0.3) is 0 Å². The van der Waals surface area contributed by atoms with E-state index < -0.39 is 0 Å². The Kier molecular flexibility index (Phi) is 8.59. The van der Waals surface area contributed by atoms with Crippen LogP contribution in [0, 0.1) is 13.8 Å². The van der Waals surface area contributed by atoms with Crippen LogP contribution in [-0.4, -0.2) is 39.6 Å². The van der Waals surface area contributed by atoms with E-state index >= 15 is 0 Å². The first-order valence-electron chi connectivity index (χ1n) is 8.67. The molecular weight excluding hydrogens is 400 g/mol. The largest absolute Gasteiger partial charge is 0.355 e. The Morgan fingerprint density at radius 3 is 2.52 bits per heavy atom. The molecule has 0 radical (unpaired) electrons. The van der Waals surface area contributed by atoms with Crippen LogP contribution in [0.15, 0.2) is 26.9 Å². The first-order valence-corrected chi connectivity index (χ1v) is 11.4. The number of amides is 2. The molecule has 1 heterocycles. The second-order valence-corrected chi connectivity index (χ2v) is 9.78. The average molecular weight is 425 g/mol. The molecule has 1 aromatic heterocycles. The molecule has 0 aliphatic carbocycles. The van der Waals surface area contributed by atoms with Gasteiger partial charge in [0.25, 0.3) is 0 Å². The van der Waals surface area contributed by atoms with Crippen LogP contribution < -0.4 is 10.6 Å². The van der Waals surface area contributed by atoms with Crippen molar-refractivity contribution in [2.45, 2.75) is 48.0 Å². The van der Waals surface area contributed by atoms with Crippen LogP contribution >= 0.6 is 34.9 Å². The van der Waals surface area contributed by atoms with Crippen molar-refractivity contribution in [1.82, 2.24) is 15.5 Å². The lowest BCUT2D eigenvalue weighted by Gasteiger charge is -2.14. The van der Waals surface area contributed by atoms with E-state index in [2.05, 4.69) is 20.8 Å². The van der Waals surface area contributed by atoms with Gasteiger partial charge in [0.15, 0.2) is 8.68 Å². The number of thioether (sulfide) groups is 2. The maximum Gasteiger partial charge on any atom is 0.237 e. The standard InChI is InChI=1S/C18H24N4O2S3/c1-5-9-19-14(23)10-25-17-21-22-18(27-17)26-13(4)16(24)20-15-11(2)7-6-8-12(15)3/h6-8,13H,5,9-10H2,1-4H3,(H,19,23)(H,20,24). The Morgan fingerprint density at radius 1 is 1.19 bits per heavy atom. The van der Waals surface area contributed by atoms with Gasteiger partial charge >= 0.3 is 0 Å². The average Bonchev–Trinajstić information content (AvgIpc) is 3.08. The van der Waals surface area contributed by atoms with Gasteiger partial charge in [0.05, 0.1) is 11.0 Å². The number of hydrogen-bond donors (Lipinski definition) is 2. The van der Waals surface area contributed by atoms with Crippen molar-refractivity contribution in [1.29, 1.82) is 0 Å². The molecule has 0 fully saturated rings. The van der Waals surface area contributed by atoms with E-state index in [-0.39, 0.29) is 17.1 Å². The molecule has 0 bridgehead atoms. The Bertz CT molecular complexity index is 774. The fourth-order valence-corrected chi connectivity index (χ4v) is 5.18. The van der Waals surface area contributed by atoms with Crippen LogP contribution in [0.2, 0.25) is 0 Å². The Balaban J connectivity index is 1.87. The van der Waals surface area contributed by atoms with Gasteiger partial charge in [0, 0.05) is 12.2 Å².